The molecule has 0 fully saturated rings. The maximum absolute atomic E-state index is 12.8. The van der Waals surface area contributed by atoms with E-state index < -0.39 is 15.8 Å². The Morgan fingerprint density at radius 2 is 2.14 bits per heavy atom. The lowest BCUT2D eigenvalue weighted by atomic mass is 10.3. The smallest absolute Gasteiger partial charge is 0.232 e. The summed E-state index contributed by atoms with van der Waals surface area (Å²) in [6.07, 6.45) is 0. The zero-order valence-electron chi connectivity index (χ0n) is 7.42. The molecule has 3 nitrogen and oxygen atoms in total. The molecule has 6 heteroatoms. The summed E-state index contributed by atoms with van der Waals surface area (Å²) in [6, 6.07) is 3.81. The Balaban J connectivity index is 3.03. The van der Waals surface area contributed by atoms with E-state index in [1.54, 1.807) is 0 Å². The molecule has 0 amide bonds. The van der Waals surface area contributed by atoms with Crippen molar-refractivity contribution in [1.29, 1.82) is 0 Å². The van der Waals surface area contributed by atoms with Crippen LogP contribution >= 0.6 is 15.9 Å². The van der Waals surface area contributed by atoms with Gasteiger partial charge in [-0.2, -0.15) is 0 Å². The molecule has 0 saturated heterocycles. The van der Waals surface area contributed by atoms with Gasteiger partial charge in [-0.3, -0.25) is 4.72 Å². The van der Waals surface area contributed by atoms with Gasteiger partial charge in [-0.1, -0.05) is 0 Å². The fourth-order valence-electron chi connectivity index (χ4n) is 0.815. The Kier molecular flexibility index (Phi) is 3.49. The topological polar surface area (TPSA) is 46.2 Å². The van der Waals surface area contributed by atoms with E-state index >= 15 is 0 Å². The number of anilines is 1. The van der Waals surface area contributed by atoms with Gasteiger partial charge in [-0.05, 0) is 41.1 Å². The number of hydrogen-bond acceptors (Lipinski definition) is 2. The molecule has 0 spiro atoms. The van der Waals surface area contributed by atoms with Crippen LogP contribution in [-0.4, -0.2) is 14.2 Å². The Morgan fingerprint density at radius 3 is 2.71 bits per heavy atom. The summed E-state index contributed by atoms with van der Waals surface area (Å²) >= 11 is 3.12. The van der Waals surface area contributed by atoms with E-state index in [4.69, 9.17) is 0 Å². The molecule has 1 N–H and O–H groups in total. The van der Waals surface area contributed by atoms with Gasteiger partial charge >= 0.3 is 0 Å². The van der Waals surface area contributed by atoms with Gasteiger partial charge in [0.05, 0.1) is 11.4 Å². The fraction of sp³-hybridized carbons (Fsp3) is 0.250. The molecule has 0 aliphatic rings. The van der Waals surface area contributed by atoms with Gasteiger partial charge in [0.15, 0.2) is 0 Å². The summed E-state index contributed by atoms with van der Waals surface area (Å²) in [5, 5.41) is 0. The standard InChI is InChI=1S/C8H9BrFNO2S/c1-2-14(12,13)11-8-5-6(10)3-4-7(8)9/h3-5,11H,2H2,1H3. The molecule has 1 aromatic rings. The maximum Gasteiger partial charge on any atom is 0.232 e. The molecule has 0 saturated carbocycles. The predicted octanol–water partition coefficient (Wildman–Crippen LogP) is 2.35. The van der Waals surface area contributed by atoms with Crippen molar-refractivity contribution in [2.45, 2.75) is 6.92 Å². The van der Waals surface area contributed by atoms with Gasteiger partial charge in [0.2, 0.25) is 10.0 Å². The Hall–Kier alpha value is -0.620. The van der Waals surface area contributed by atoms with Crippen molar-refractivity contribution in [3.05, 3.63) is 28.5 Å². The van der Waals surface area contributed by atoms with E-state index in [1.807, 2.05) is 0 Å². The monoisotopic (exact) mass is 281 g/mol. The second-order valence-corrected chi connectivity index (χ2v) is 5.49. The molecule has 1 rings (SSSR count). The van der Waals surface area contributed by atoms with E-state index in [0.29, 0.717) is 4.47 Å². The first-order valence-corrected chi connectivity index (χ1v) is 6.34. The average molecular weight is 282 g/mol. The number of nitrogens with one attached hydrogen (secondary N) is 1. The first-order chi connectivity index (χ1) is 6.44. The molecule has 14 heavy (non-hydrogen) atoms. The van der Waals surface area contributed by atoms with Crippen LogP contribution in [0.15, 0.2) is 22.7 Å². The summed E-state index contributed by atoms with van der Waals surface area (Å²) in [5.74, 6) is -0.530. The van der Waals surface area contributed by atoms with Crippen molar-refractivity contribution in [3.8, 4) is 0 Å². The second kappa shape index (κ2) is 4.27. The zero-order valence-corrected chi connectivity index (χ0v) is 9.82. The van der Waals surface area contributed by atoms with Crippen molar-refractivity contribution in [3.63, 3.8) is 0 Å². The molecular weight excluding hydrogens is 273 g/mol. The highest BCUT2D eigenvalue weighted by Crippen LogP contribution is 2.23. The minimum Gasteiger partial charge on any atom is -0.282 e. The third kappa shape index (κ3) is 2.95. The van der Waals surface area contributed by atoms with E-state index in [1.165, 1.54) is 19.1 Å². The predicted molar refractivity (Wildman–Crippen MR) is 57.2 cm³/mol. The SMILES string of the molecule is CCS(=O)(=O)Nc1cc(F)ccc1Br. The highest BCUT2D eigenvalue weighted by Gasteiger charge is 2.09. The van der Waals surface area contributed by atoms with Gasteiger partial charge in [0.25, 0.3) is 0 Å². The molecule has 0 bridgehead atoms. The van der Waals surface area contributed by atoms with Crippen LogP contribution in [0, 0.1) is 5.82 Å². The highest BCUT2D eigenvalue weighted by atomic mass is 79.9. The van der Waals surface area contributed by atoms with E-state index in [9.17, 15) is 12.8 Å². The molecule has 1 aromatic carbocycles. The van der Waals surface area contributed by atoms with Crippen LogP contribution in [-0.2, 0) is 10.0 Å². The Bertz CT molecular complexity index is 433. The Labute approximate surface area is 90.5 Å². The van der Waals surface area contributed by atoms with Crippen molar-refractivity contribution >= 4 is 31.6 Å². The summed E-state index contributed by atoms with van der Waals surface area (Å²) in [6.45, 7) is 1.51. The van der Waals surface area contributed by atoms with E-state index in [2.05, 4.69) is 20.7 Å². The second-order valence-electron chi connectivity index (χ2n) is 2.63. The molecule has 0 aromatic heterocycles. The molecule has 0 heterocycles. The molecule has 0 aliphatic heterocycles. The first kappa shape index (κ1) is 11.5. The van der Waals surface area contributed by atoms with Crippen molar-refractivity contribution in [2.75, 3.05) is 10.5 Å². The molecule has 0 atom stereocenters. The lowest BCUT2D eigenvalue weighted by molar-refractivity contribution is 0.602. The van der Waals surface area contributed by atoms with Crippen LogP contribution in [0.4, 0.5) is 10.1 Å². The lowest BCUT2D eigenvalue weighted by Crippen LogP contribution is -2.15. The van der Waals surface area contributed by atoms with Crippen LogP contribution in [0.1, 0.15) is 6.92 Å². The van der Waals surface area contributed by atoms with Crippen LogP contribution < -0.4 is 4.72 Å². The van der Waals surface area contributed by atoms with Crippen LogP contribution in [0.25, 0.3) is 0 Å². The van der Waals surface area contributed by atoms with Crippen molar-refractivity contribution < 1.29 is 12.8 Å². The summed E-state index contributed by atoms with van der Waals surface area (Å²) in [4.78, 5) is 0. The Morgan fingerprint density at radius 1 is 1.50 bits per heavy atom. The average Bonchev–Trinajstić information content (AvgIpc) is 2.11. The lowest BCUT2D eigenvalue weighted by Gasteiger charge is -2.07. The van der Waals surface area contributed by atoms with Gasteiger partial charge in [-0.15, -0.1) is 0 Å². The third-order valence-electron chi connectivity index (χ3n) is 1.57. The molecule has 0 unspecified atom stereocenters. The minimum atomic E-state index is -3.36. The number of halogens is 2. The van der Waals surface area contributed by atoms with E-state index in [0.717, 1.165) is 6.07 Å². The zero-order chi connectivity index (χ0) is 10.8. The van der Waals surface area contributed by atoms with Gasteiger partial charge in [0.1, 0.15) is 5.82 Å². The van der Waals surface area contributed by atoms with Gasteiger partial charge < -0.3 is 0 Å². The molecule has 78 valence electrons. The van der Waals surface area contributed by atoms with E-state index in [-0.39, 0.29) is 11.4 Å². The van der Waals surface area contributed by atoms with Crippen LogP contribution in [0.5, 0.6) is 0 Å². The van der Waals surface area contributed by atoms with Gasteiger partial charge in [-0.25, -0.2) is 12.8 Å². The summed E-state index contributed by atoms with van der Waals surface area (Å²) < 4.78 is 37.9. The number of sulfonamides is 1. The van der Waals surface area contributed by atoms with Crippen LogP contribution in [0.2, 0.25) is 0 Å². The first-order valence-electron chi connectivity index (χ1n) is 3.90. The van der Waals surface area contributed by atoms with Crippen LogP contribution in [0.3, 0.4) is 0 Å². The molecular formula is C8H9BrFNO2S. The summed E-state index contributed by atoms with van der Waals surface area (Å²) in [5.41, 5.74) is 0.215. The fourth-order valence-corrected chi connectivity index (χ4v) is 1.94. The molecule has 0 radical (unpaired) electrons. The van der Waals surface area contributed by atoms with Gasteiger partial charge in [0, 0.05) is 4.47 Å². The van der Waals surface area contributed by atoms with Crippen molar-refractivity contribution in [2.24, 2.45) is 0 Å². The number of rotatable bonds is 3. The maximum atomic E-state index is 12.8. The number of benzene rings is 1. The largest absolute Gasteiger partial charge is 0.282 e. The minimum absolute atomic E-state index is 0.0457. The normalized spacial score (nSPS) is 11.4. The molecule has 0 aliphatic carbocycles. The highest BCUT2D eigenvalue weighted by molar-refractivity contribution is 9.10. The quantitative estimate of drug-likeness (QED) is 0.925. The summed E-state index contributed by atoms with van der Waals surface area (Å²) in [7, 11) is -3.36. The third-order valence-corrected chi connectivity index (χ3v) is 3.56. The number of hydrogen-bond donors (Lipinski definition) is 1. The van der Waals surface area contributed by atoms with Crippen molar-refractivity contribution in [1.82, 2.24) is 0 Å².